The molecule has 0 radical (unpaired) electrons. The smallest absolute Gasteiger partial charge is 0.107 e. The molecule has 0 saturated carbocycles. The van der Waals surface area contributed by atoms with Crippen molar-refractivity contribution in [3.05, 3.63) is 19.8 Å². The lowest BCUT2D eigenvalue weighted by Crippen LogP contribution is -2.05. The van der Waals surface area contributed by atoms with Crippen LogP contribution in [0.5, 0.6) is 0 Å². The summed E-state index contributed by atoms with van der Waals surface area (Å²) in [6, 6.07) is 1.83. The van der Waals surface area contributed by atoms with Crippen LogP contribution in [0.15, 0.2) is 10.5 Å². The average molecular weight is 271 g/mol. The molecule has 0 aliphatic rings. The Morgan fingerprint density at radius 1 is 1.75 bits per heavy atom. The quantitative estimate of drug-likeness (QED) is 0.887. The fourth-order valence-electron chi connectivity index (χ4n) is 0.828. The summed E-state index contributed by atoms with van der Waals surface area (Å²) in [6.07, 6.45) is 0.0901. The van der Waals surface area contributed by atoms with Gasteiger partial charge in [0.05, 0.1) is 6.10 Å². The Labute approximate surface area is 88.5 Å². The Morgan fingerprint density at radius 3 is 2.83 bits per heavy atom. The van der Waals surface area contributed by atoms with Gasteiger partial charge in [-0.05, 0) is 35.0 Å². The van der Waals surface area contributed by atoms with Gasteiger partial charge in [0, 0.05) is 9.35 Å². The van der Waals surface area contributed by atoms with Crippen molar-refractivity contribution in [2.24, 2.45) is 5.73 Å². The summed E-state index contributed by atoms with van der Waals surface area (Å²) in [5, 5.41) is 9.51. The monoisotopic (exact) mass is 269 g/mol. The van der Waals surface area contributed by atoms with Crippen LogP contribution in [0.3, 0.4) is 0 Å². The second kappa shape index (κ2) is 4.58. The van der Waals surface area contributed by atoms with E-state index in [4.69, 9.17) is 17.3 Å². The van der Waals surface area contributed by atoms with Crippen LogP contribution >= 0.6 is 38.9 Å². The average Bonchev–Trinajstić information content (AvgIpc) is 2.33. The van der Waals surface area contributed by atoms with E-state index in [9.17, 15) is 5.11 Å². The number of aliphatic hydroxyl groups excluding tert-OH is 1. The van der Waals surface area contributed by atoms with Gasteiger partial charge in [0.2, 0.25) is 0 Å². The first-order valence-corrected chi connectivity index (χ1v) is 5.46. The molecule has 5 heteroatoms. The molecular formula is C7H9BrClNOS. The van der Waals surface area contributed by atoms with E-state index in [-0.39, 0.29) is 0 Å². The lowest BCUT2D eigenvalue weighted by Gasteiger charge is -2.04. The van der Waals surface area contributed by atoms with Gasteiger partial charge in [-0.1, -0.05) is 11.6 Å². The SMILES string of the molecule is NCCC(O)c1cc(Br)c(Cl)s1. The van der Waals surface area contributed by atoms with Crippen molar-refractivity contribution >= 4 is 38.9 Å². The normalized spacial score (nSPS) is 13.3. The third kappa shape index (κ3) is 2.44. The number of halogens is 2. The molecule has 1 heterocycles. The number of aliphatic hydroxyl groups is 1. The minimum Gasteiger partial charge on any atom is -0.388 e. The zero-order chi connectivity index (χ0) is 9.14. The molecule has 0 aromatic carbocycles. The minimum absolute atomic E-state index is 0.480. The molecule has 0 spiro atoms. The van der Waals surface area contributed by atoms with Gasteiger partial charge in [-0.15, -0.1) is 11.3 Å². The fraction of sp³-hybridized carbons (Fsp3) is 0.429. The highest BCUT2D eigenvalue weighted by Crippen LogP contribution is 2.35. The predicted molar refractivity (Wildman–Crippen MR) is 55.7 cm³/mol. The van der Waals surface area contributed by atoms with Gasteiger partial charge >= 0.3 is 0 Å². The van der Waals surface area contributed by atoms with Gasteiger partial charge in [0.15, 0.2) is 0 Å². The van der Waals surface area contributed by atoms with Crippen molar-refractivity contribution in [2.75, 3.05) is 6.54 Å². The molecule has 12 heavy (non-hydrogen) atoms. The topological polar surface area (TPSA) is 46.2 Å². The van der Waals surface area contributed by atoms with Crippen molar-refractivity contribution in [3.8, 4) is 0 Å². The van der Waals surface area contributed by atoms with Crippen molar-refractivity contribution < 1.29 is 5.11 Å². The lowest BCUT2D eigenvalue weighted by atomic mass is 10.2. The van der Waals surface area contributed by atoms with Gasteiger partial charge in [-0.3, -0.25) is 0 Å². The summed E-state index contributed by atoms with van der Waals surface area (Å²) in [6.45, 7) is 0.480. The molecule has 0 aliphatic heterocycles. The molecule has 0 bridgehead atoms. The summed E-state index contributed by atoms with van der Waals surface area (Å²) in [4.78, 5) is 0.859. The van der Waals surface area contributed by atoms with Crippen LogP contribution in [0.2, 0.25) is 4.34 Å². The Hall–Kier alpha value is 0.390. The highest BCUT2D eigenvalue weighted by Gasteiger charge is 2.11. The zero-order valence-electron chi connectivity index (χ0n) is 6.26. The number of hydrogen-bond donors (Lipinski definition) is 2. The van der Waals surface area contributed by atoms with Gasteiger partial charge in [-0.2, -0.15) is 0 Å². The lowest BCUT2D eigenvalue weighted by molar-refractivity contribution is 0.174. The van der Waals surface area contributed by atoms with E-state index in [0.29, 0.717) is 17.3 Å². The Bertz CT molecular complexity index is 246. The molecule has 0 amide bonds. The number of thiophene rings is 1. The van der Waals surface area contributed by atoms with Gasteiger partial charge in [0.25, 0.3) is 0 Å². The maximum atomic E-state index is 9.51. The van der Waals surface area contributed by atoms with E-state index < -0.39 is 6.10 Å². The summed E-state index contributed by atoms with van der Waals surface area (Å²) < 4.78 is 1.50. The van der Waals surface area contributed by atoms with Crippen LogP contribution in [0, 0.1) is 0 Å². The highest BCUT2D eigenvalue weighted by molar-refractivity contribution is 9.10. The second-order valence-electron chi connectivity index (χ2n) is 2.36. The number of rotatable bonds is 3. The van der Waals surface area contributed by atoms with E-state index in [0.717, 1.165) is 9.35 Å². The van der Waals surface area contributed by atoms with E-state index in [1.54, 1.807) is 0 Å². The molecular weight excluding hydrogens is 262 g/mol. The maximum Gasteiger partial charge on any atom is 0.107 e. The predicted octanol–water partition coefficient (Wildman–Crippen LogP) is 2.55. The first-order chi connectivity index (χ1) is 5.65. The van der Waals surface area contributed by atoms with E-state index in [1.165, 1.54) is 11.3 Å². The molecule has 0 aliphatic carbocycles. The summed E-state index contributed by atoms with van der Waals surface area (Å²) >= 11 is 10.4. The third-order valence-corrected chi connectivity index (χ3v) is 4.01. The van der Waals surface area contributed by atoms with Crippen LogP contribution < -0.4 is 5.73 Å². The van der Waals surface area contributed by atoms with Gasteiger partial charge < -0.3 is 10.8 Å². The molecule has 1 rings (SSSR count). The van der Waals surface area contributed by atoms with Crippen molar-refractivity contribution in [1.82, 2.24) is 0 Å². The molecule has 1 aromatic rings. The van der Waals surface area contributed by atoms with Crippen molar-refractivity contribution in [1.29, 1.82) is 0 Å². The molecule has 1 aromatic heterocycles. The van der Waals surface area contributed by atoms with Gasteiger partial charge in [0.1, 0.15) is 4.34 Å². The minimum atomic E-state index is -0.483. The Balaban J connectivity index is 2.74. The summed E-state index contributed by atoms with van der Waals surface area (Å²) in [7, 11) is 0. The Morgan fingerprint density at radius 2 is 2.42 bits per heavy atom. The molecule has 0 saturated heterocycles. The van der Waals surface area contributed by atoms with E-state index in [1.807, 2.05) is 6.07 Å². The first kappa shape index (κ1) is 10.5. The molecule has 1 unspecified atom stereocenters. The van der Waals surface area contributed by atoms with E-state index >= 15 is 0 Å². The molecule has 2 nitrogen and oxygen atoms in total. The third-order valence-electron chi connectivity index (χ3n) is 1.43. The largest absolute Gasteiger partial charge is 0.388 e. The molecule has 1 atom stereocenters. The molecule has 0 fully saturated rings. The number of nitrogens with two attached hydrogens (primary N) is 1. The van der Waals surface area contributed by atoms with Crippen LogP contribution in [-0.2, 0) is 0 Å². The fourth-order valence-corrected chi connectivity index (χ4v) is 2.58. The zero-order valence-corrected chi connectivity index (χ0v) is 9.42. The second-order valence-corrected chi connectivity index (χ2v) is 4.90. The van der Waals surface area contributed by atoms with E-state index in [2.05, 4.69) is 15.9 Å². The highest BCUT2D eigenvalue weighted by atomic mass is 79.9. The van der Waals surface area contributed by atoms with Crippen LogP contribution in [-0.4, -0.2) is 11.7 Å². The van der Waals surface area contributed by atoms with Gasteiger partial charge in [-0.25, -0.2) is 0 Å². The maximum absolute atomic E-state index is 9.51. The van der Waals surface area contributed by atoms with Crippen molar-refractivity contribution in [2.45, 2.75) is 12.5 Å². The molecule has 68 valence electrons. The number of hydrogen-bond acceptors (Lipinski definition) is 3. The van der Waals surface area contributed by atoms with Crippen LogP contribution in [0.4, 0.5) is 0 Å². The first-order valence-electron chi connectivity index (χ1n) is 3.48. The van der Waals surface area contributed by atoms with Crippen molar-refractivity contribution in [3.63, 3.8) is 0 Å². The standard InChI is InChI=1S/C7H9BrClNOS/c8-4-3-6(12-7(4)9)5(11)1-2-10/h3,5,11H,1-2,10H2. The molecule has 3 N–H and O–H groups in total. The Kier molecular flexibility index (Phi) is 3.99. The van der Waals surface area contributed by atoms with Crippen LogP contribution in [0.25, 0.3) is 0 Å². The summed E-state index contributed by atoms with van der Waals surface area (Å²) in [5.41, 5.74) is 5.31. The van der Waals surface area contributed by atoms with Crippen LogP contribution in [0.1, 0.15) is 17.4 Å². The summed E-state index contributed by atoms with van der Waals surface area (Å²) in [5.74, 6) is 0.